The van der Waals surface area contributed by atoms with Gasteiger partial charge < -0.3 is 10.2 Å². The molecular formula is C16H32N2O2. The number of carbonyl (C=O) groups excluding carboxylic acids is 2. The Morgan fingerprint density at radius 3 is 2.00 bits per heavy atom. The Balaban J connectivity index is 3.17. The number of hydrogen-bond donors (Lipinski definition) is 1. The van der Waals surface area contributed by atoms with Crippen LogP contribution in [0, 0.1) is 0 Å². The zero-order valence-corrected chi connectivity index (χ0v) is 13.5. The van der Waals surface area contributed by atoms with E-state index >= 15 is 0 Å². The van der Waals surface area contributed by atoms with Gasteiger partial charge >= 0.3 is 0 Å². The zero-order valence-electron chi connectivity index (χ0n) is 13.5. The summed E-state index contributed by atoms with van der Waals surface area (Å²) >= 11 is 0. The molecule has 0 bridgehead atoms. The van der Waals surface area contributed by atoms with Crippen LogP contribution < -0.4 is 5.32 Å². The van der Waals surface area contributed by atoms with Crippen molar-refractivity contribution in [2.45, 2.75) is 64.7 Å². The summed E-state index contributed by atoms with van der Waals surface area (Å²) in [5.74, 6) is 0.494. The molecule has 0 heterocycles. The molecule has 0 saturated heterocycles. The lowest BCUT2D eigenvalue weighted by molar-refractivity contribution is -0.121. The molecule has 0 unspecified atom stereocenters. The molecule has 0 aromatic heterocycles. The molecule has 4 heteroatoms. The SMILES string of the molecule is CCC(=O)CCCCCCCCCNC(=O)CN(C)C. The van der Waals surface area contributed by atoms with E-state index in [0.717, 1.165) is 25.8 Å². The predicted octanol–water partition coefficient (Wildman–Crippen LogP) is 2.76. The van der Waals surface area contributed by atoms with E-state index in [0.29, 0.717) is 18.7 Å². The molecule has 0 atom stereocenters. The summed E-state index contributed by atoms with van der Waals surface area (Å²) in [5, 5.41) is 2.93. The van der Waals surface area contributed by atoms with Crippen molar-refractivity contribution >= 4 is 11.7 Å². The predicted molar refractivity (Wildman–Crippen MR) is 83.8 cm³/mol. The normalized spacial score (nSPS) is 10.8. The number of Topliss-reactive ketones (excluding diaryl/α,β-unsaturated/α-hetero) is 1. The van der Waals surface area contributed by atoms with Gasteiger partial charge in [-0.1, -0.05) is 39.0 Å². The Bertz CT molecular complexity index is 265. The molecule has 20 heavy (non-hydrogen) atoms. The number of nitrogens with zero attached hydrogens (tertiary/aromatic N) is 1. The lowest BCUT2D eigenvalue weighted by atomic mass is 10.1. The second-order valence-electron chi connectivity index (χ2n) is 5.70. The topological polar surface area (TPSA) is 49.4 Å². The molecule has 0 saturated carbocycles. The van der Waals surface area contributed by atoms with E-state index in [1.54, 1.807) is 0 Å². The highest BCUT2D eigenvalue weighted by atomic mass is 16.2. The van der Waals surface area contributed by atoms with Gasteiger partial charge in [0.25, 0.3) is 0 Å². The highest BCUT2D eigenvalue weighted by molar-refractivity contribution is 5.78. The minimum atomic E-state index is 0.107. The van der Waals surface area contributed by atoms with Crippen molar-refractivity contribution in [2.24, 2.45) is 0 Å². The quantitative estimate of drug-likeness (QED) is 0.529. The van der Waals surface area contributed by atoms with E-state index in [-0.39, 0.29) is 5.91 Å². The fraction of sp³-hybridized carbons (Fsp3) is 0.875. The van der Waals surface area contributed by atoms with Crippen molar-refractivity contribution in [1.29, 1.82) is 0 Å². The first kappa shape index (κ1) is 19.1. The molecule has 1 amide bonds. The molecule has 4 nitrogen and oxygen atoms in total. The lowest BCUT2D eigenvalue weighted by Crippen LogP contribution is -2.33. The highest BCUT2D eigenvalue weighted by Crippen LogP contribution is 2.09. The van der Waals surface area contributed by atoms with Gasteiger partial charge in [-0.3, -0.25) is 9.59 Å². The third-order valence-corrected chi connectivity index (χ3v) is 3.31. The summed E-state index contributed by atoms with van der Waals surface area (Å²) in [7, 11) is 3.79. The van der Waals surface area contributed by atoms with E-state index < -0.39 is 0 Å². The maximum Gasteiger partial charge on any atom is 0.234 e. The van der Waals surface area contributed by atoms with Crippen molar-refractivity contribution in [1.82, 2.24) is 10.2 Å². The van der Waals surface area contributed by atoms with E-state index in [2.05, 4.69) is 5.32 Å². The molecule has 0 aromatic carbocycles. The first-order valence-electron chi connectivity index (χ1n) is 7.99. The summed E-state index contributed by atoms with van der Waals surface area (Å²) < 4.78 is 0. The Labute approximate surface area is 124 Å². The van der Waals surface area contributed by atoms with Crippen LogP contribution in [0.3, 0.4) is 0 Å². The van der Waals surface area contributed by atoms with Gasteiger partial charge in [-0.15, -0.1) is 0 Å². The van der Waals surface area contributed by atoms with Gasteiger partial charge in [0.05, 0.1) is 6.54 Å². The Hall–Kier alpha value is -0.900. The number of amides is 1. The first-order chi connectivity index (χ1) is 9.56. The van der Waals surface area contributed by atoms with E-state index in [4.69, 9.17) is 0 Å². The van der Waals surface area contributed by atoms with E-state index in [9.17, 15) is 9.59 Å². The number of hydrogen-bond acceptors (Lipinski definition) is 3. The number of nitrogens with one attached hydrogen (secondary N) is 1. The zero-order chi connectivity index (χ0) is 15.2. The number of ketones is 1. The summed E-state index contributed by atoms with van der Waals surface area (Å²) in [4.78, 5) is 24.3. The van der Waals surface area contributed by atoms with Crippen molar-refractivity contribution < 1.29 is 9.59 Å². The van der Waals surface area contributed by atoms with Crippen molar-refractivity contribution in [2.75, 3.05) is 27.2 Å². The van der Waals surface area contributed by atoms with Gasteiger partial charge in [-0.2, -0.15) is 0 Å². The fourth-order valence-electron chi connectivity index (χ4n) is 2.08. The average molecular weight is 284 g/mol. The molecule has 0 aromatic rings. The monoisotopic (exact) mass is 284 g/mol. The maximum atomic E-state index is 11.4. The Morgan fingerprint density at radius 1 is 0.900 bits per heavy atom. The minimum Gasteiger partial charge on any atom is -0.355 e. The third-order valence-electron chi connectivity index (χ3n) is 3.31. The van der Waals surface area contributed by atoms with Crippen LogP contribution in [0.15, 0.2) is 0 Å². The Kier molecular flexibility index (Phi) is 12.5. The van der Waals surface area contributed by atoms with Crippen LogP contribution >= 0.6 is 0 Å². The molecule has 0 rings (SSSR count). The van der Waals surface area contributed by atoms with Crippen LogP contribution in [0.1, 0.15) is 64.7 Å². The molecular weight excluding hydrogens is 252 g/mol. The summed E-state index contributed by atoms with van der Waals surface area (Å²) in [6.45, 7) is 3.19. The molecule has 0 aliphatic carbocycles. The molecule has 118 valence electrons. The van der Waals surface area contributed by atoms with Gasteiger partial charge in [0.2, 0.25) is 5.91 Å². The van der Waals surface area contributed by atoms with Crippen LogP contribution in [-0.4, -0.2) is 43.8 Å². The van der Waals surface area contributed by atoms with Crippen LogP contribution in [0.25, 0.3) is 0 Å². The summed E-state index contributed by atoms with van der Waals surface area (Å²) in [6.07, 6.45) is 9.59. The smallest absolute Gasteiger partial charge is 0.234 e. The van der Waals surface area contributed by atoms with Crippen LogP contribution in [0.5, 0.6) is 0 Å². The molecule has 0 radical (unpaired) electrons. The van der Waals surface area contributed by atoms with E-state index in [1.165, 1.54) is 32.1 Å². The van der Waals surface area contributed by atoms with Gasteiger partial charge in [0.15, 0.2) is 0 Å². The largest absolute Gasteiger partial charge is 0.355 e. The van der Waals surface area contributed by atoms with Gasteiger partial charge in [-0.25, -0.2) is 0 Å². The second-order valence-corrected chi connectivity index (χ2v) is 5.70. The van der Waals surface area contributed by atoms with Crippen LogP contribution in [-0.2, 0) is 9.59 Å². The van der Waals surface area contributed by atoms with Crippen molar-refractivity contribution in [3.63, 3.8) is 0 Å². The van der Waals surface area contributed by atoms with Gasteiger partial charge in [-0.05, 0) is 26.9 Å². The van der Waals surface area contributed by atoms with Gasteiger partial charge in [0.1, 0.15) is 5.78 Å². The van der Waals surface area contributed by atoms with Crippen LogP contribution in [0.4, 0.5) is 0 Å². The Morgan fingerprint density at radius 2 is 1.45 bits per heavy atom. The van der Waals surface area contributed by atoms with Crippen molar-refractivity contribution in [3.05, 3.63) is 0 Å². The fourth-order valence-corrected chi connectivity index (χ4v) is 2.08. The standard InChI is InChI=1S/C16H32N2O2/c1-4-15(19)12-10-8-6-5-7-9-11-13-17-16(20)14-18(2)3/h4-14H2,1-3H3,(H,17,20). The van der Waals surface area contributed by atoms with Crippen molar-refractivity contribution in [3.8, 4) is 0 Å². The molecule has 1 N–H and O–H groups in total. The molecule has 0 spiro atoms. The molecule has 0 fully saturated rings. The number of unbranched alkanes of at least 4 members (excludes halogenated alkanes) is 6. The maximum absolute atomic E-state index is 11.4. The molecule has 0 aliphatic heterocycles. The second kappa shape index (κ2) is 13.1. The summed E-state index contributed by atoms with van der Waals surface area (Å²) in [6, 6.07) is 0. The minimum absolute atomic E-state index is 0.107. The van der Waals surface area contributed by atoms with Crippen LogP contribution in [0.2, 0.25) is 0 Å². The highest BCUT2D eigenvalue weighted by Gasteiger charge is 2.01. The number of likely N-dealkylation sites (N-methyl/N-ethyl adjacent to an activating group) is 1. The lowest BCUT2D eigenvalue weighted by Gasteiger charge is -2.09. The number of carbonyl (C=O) groups is 2. The first-order valence-corrected chi connectivity index (χ1v) is 7.99. The summed E-state index contributed by atoms with van der Waals surface area (Å²) in [5.41, 5.74) is 0. The van der Waals surface area contributed by atoms with E-state index in [1.807, 2.05) is 25.9 Å². The third kappa shape index (κ3) is 13.5. The number of rotatable bonds is 13. The average Bonchev–Trinajstić information content (AvgIpc) is 2.39. The molecule has 0 aliphatic rings. The van der Waals surface area contributed by atoms with Gasteiger partial charge in [0, 0.05) is 19.4 Å².